The van der Waals surface area contributed by atoms with Crippen LogP contribution in [0.3, 0.4) is 0 Å². The third-order valence-electron chi connectivity index (χ3n) is 3.00. The molecule has 2 rings (SSSR count). The maximum atomic E-state index is 11.9. The SMILES string of the molecule is Cc1ccc(C(=O)/C=C/Nc2ccccc2C(N)=O)cc1. The van der Waals surface area contributed by atoms with Gasteiger partial charge in [0.15, 0.2) is 5.78 Å². The second-order valence-electron chi connectivity index (χ2n) is 4.62. The molecule has 0 aliphatic carbocycles. The number of anilines is 1. The van der Waals surface area contributed by atoms with E-state index in [-0.39, 0.29) is 5.78 Å². The van der Waals surface area contributed by atoms with Crippen LogP contribution in [0.15, 0.2) is 60.8 Å². The smallest absolute Gasteiger partial charge is 0.250 e. The molecule has 3 N–H and O–H groups in total. The Morgan fingerprint density at radius 2 is 1.71 bits per heavy atom. The van der Waals surface area contributed by atoms with Gasteiger partial charge in [-0.05, 0) is 19.1 Å². The Labute approximate surface area is 123 Å². The van der Waals surface area contributed by atoms with E-state index in [1.54, 1.807) is 36.4 Å². The molecule has 0 radical (unpaired) electrons. The molecule has 0 aliphatic heterocycles. The van der Waals surface area contributed by atoms with E-state index in [0.29, 0.717) is 16.8 Å². The number of aryl methyl sites for hydroxylation is 1. The second kappa shape index (κ2) is 6.52. The van der Waals surface area contributed by atoms with Gasteiger partial charge in [0.25, 0.3) is 5.91 Å². The van der Waals surface area contributed by atoms with Crippen molar-refractivity contribution in [3.8, 4) is 0 Å². The van der Waals surface area contributed by atoms with Crippen molar-refractivity contribution < 1.29 is 9.59 Å². The van der Waals surface area contributed by atoms with Crippen molar-refractivity contribution in [2.75, 3.05) is 5.32 Å². The summed E-state index contributed by atoms with van der Waals surface area (Å²) in [6.45, 7) is 1.96. The molecule has 4 nitrogen and oxygen atoms in total. The van der Waals surface area contributed by atoms with Crippen LogP contribution >= 0.6 is 0 Å². The Kier molecular flexibility index (Phi) is 4.51. The topological polar surface area (TPSA) is 72.2 Å². The molecule has 0 aliphatic rings. The van der Waals surface area contributed by atoms with Gasteiger partial charge in [-0.25, -0.2) is 0 Å². The van der Waals surface area contributed by atoms with E-state index in [0.717, 1.165) is 5.56 Å². The zero-order valence-corrected chi connectivity index (χ0v) is 11.7. The Balaban J connectivity index is 2.07. The number of hydrogen-bond acceptors (Lipinski definition) is 3. The number of nitrogens with one attached hydrogen (secondary N) is 1. The minimum atomic E-state index is -0.517. The molecule has 2 aromatic carbocycles. The van der Waals surface area contributed by atoms with E-state index in [1.165, 1.54) is 12.3 Å². The maximum absolute atomic E-state index is 11.9. The van der Waals surface area contributed by atoms with Crippen molar-refractivity contribution in [3.05, 3.63) is 77.5 Å². The minimum absolute atomic E-state index is 0.112. The molecular weight excluding hydrogens is 264 g/mol. The highest BCUT2D eigenvalue weighted by Crippen LogP contribution is 2.14. The highest BCUT2D eigenvalue weighted by molar-refractivity contribution is 6.05. The molecule has 0 saturated carbocycles. The lowest BCUT2D eigenvalue weighted by atomic mass is 10.1. The Bertz CT molecular complexity index is 688. The van der Waals surface area contributed by atoms with Gasteiger partial charge >= 0.3 is 0 Å². The van der Waals surface area contributed by atoms with Crippen LogP contribution < -0.4 is 11.1 Å². The van der Waals surface area contributed by atoms with Crippen LogP contribution in [0, 0.1) is 6.92 Å². The summed E-state index contributed by atoms with van der Waals surface area (Å²) < 4.78 is 0. The molecule has 4 heteroatoms. The van der Waals surface area contributed by atoms with Crippen LogP contribution in [0.1, 0.15) is 26.3 Å². The molecule has 106 valence electrons. The van der Waals surface area contributed by atoms with Crippen LogP contribution in [-0.2, 0) is 0 Å². The molecule has 2 aromatic rings. The van der Waals surface area contributed by atoms with Crippen molar-refractivity contribution in [2.45, 2.75) is 6.92 Å². The van der Waals surface area contributed by atoms with Crippen molar-refractivity contribution in [3.63, 3.8) is 0 Å². The molecular formula is C17H16N2O2. The Morgan fingerprint density at radius 3 is 2.38 bits per heavy atom. The van der Waals surface area contributed by atoms with E-state index in [2.05, 4.69) is 5.32 Å². The molecule has 0 spiro atoms. The van der Waals surface area contributed by atoms with E-state index < -0.39 is 5.91 Å². The summed E-state index contributed by atoms with van der Waals surface area (Å²) in [5.74, 6) is -0.629. The fourth-order valence-corrected chi connectivity index (χ4v) is 1.85. The predicted octanol–water partition coefficient (Wildman–Crippen LogP) is 2.90. The molecule has 0 heterocycles. The number of benzene rings is 2. The first-order chi connectivity index (χ1) is 10.1. The molecule has 0 atom stereocenters. The molecule has 0 fully saturated rings. The molecule has 0 aromatic heterocycles. The van der Waals surface area contributed by atoms with Crippen molar-refractivity contribution in [1.29, 1.82) is 0 Å². The van der Waals surface area contributed by atoms with Crippen LogP contribution in [0.25, 0.3) is 0 Å². The molecule has 21 heavy (non-hydrogen) atoms. The van der Waals surface area contributed by atoms with Crippen molar-refractivity contribution in [1.82, 2.24) is 0 Å². The summed E-state index contributed by atoms with van der Waals surface area (Å²) in [5, 5.41) is 2.90. The normalized spacial score (nSPS) is 10.5. The summed E-state index contributed by atoms with van der Waals surface area (Å²) in [4.78, 5) is 23.2. The minimum Gasteiger partial charge on any atom is -0.366 e. The van der Waals surface area contributed by atoms with E-state index >= 15 is 0 Å². The first-order valence-electron chi connectivity index (χ1n) is 6.51. The average molecular weight is 280 g/mol. The zero-order chi connectivity index (χ0) is 15.2. The van der Waals surface area contributed by atoms with Gasteiger partial charge in [0.1, 0.15) is 0 Å². The summed E-state index contributed by atoms with van der Waals surface area (Å²) >= 11 is 0. The van der Waals surface area contributed by atoms with Gasteiger partial charge in [0.05, 0.1) is 11.3 Å². The standard InChI is InChI=1S/C17H16N2O2/c1-12-6-8-13(9-7-12)16(20)10-11-19-15-5-3-2-4-14(15)17(18)21/h2-11,19H,1H3,(H2,18,21)/b11-10+. The number of hydrogen-bond donors (Lipinski definition) is 2. The van der Waals surface area contributed by atoms with Gasteiger partial charge < -0.3 is 11.1 Å². The van der Waals surface area contributed by atoms with Crippen molar-refractivity contribution >= 4 is 17.4 Å². The second-order valence-corrected chi connectivity index (χ2v) is 4.62. The number of nitrogens with two attached hydrogens (primary N) is 1. The third-order valence-corrected chi connectivity index (χ3v) is 3.00. The highest BCUT2D eigenvalue weighted by atomic mass is 16.1. The fraction of sp³-hybridized carbons (Fsp3) is 0.0588. The molecule has 1 amide bonds. The van der Waals surface area contributed by atoms with Crippen LogP contribution in [0.2, 0.25) is 0 Å². The van der Waals surface area contributed by atoms with E-state index in [4.69, 9.17) is 5.73 Å². The molecule has 0 unspecified atom stereocenters. The summed E-state index contributed by atoms with van der Waals surface area (Å²) in [7, 11) is 0. The summed E-state index contributed by atoms with van der Waals surface area (Å²) in [6.07, 6.45) is 2.92. The number of amides is 1. The van der Waals surface area contributed by atoms with Gasteiger partial charge in [-0.1, -0.05) is 42.0 Å². The number of para-hydroxylation sites is 1. The van der Waals surface area contributed by atoms with Gasteiger partial charge in [-0.2, -0.15) is 0 Å². The largest absolute Gasteiger partial charge is 0.366 e. The van der Waals surface area contributed by atoms with Crippen molar-refractivity contribution in [2.24, 2.45) is 5.73 Å². The first kappa shape index (κ1) is 14.5. The lowest BCUT2D eigenvalue weighted by molar-refractivity contribution is 0.0999. The predicted molar refractivity (Wildman–Crippen MR) is 83.2 cm³/mol. The molecule has 0 bridgehead atoms. The van der Waals surface area contributed by atoms with Gasteiger partial charge in [-0.3, -0.25) is 9.59 Å². The summed E-state index contributed by atoms with van der Waals surface area (Å²) in [6, 6.07) is 14.2. The Hall–Kier alpha value is -2.88. The number of allylic oxidation sites excluding steroid dienone is 1. The first-order valence-corrected chi connectivity index (χ1v) is 6.51. The number of carbonyl (C=O) groups is 2. The number of rotatable bonds is 5. The monoisotopic (exact) mass is 280 g/mol. The van der Waals surface area contributed by atoms with Crippen LogP contribution in [-0.4, -0.2) is 11.7 Å². The summed E-state index contributed by atoms with van der Waals surface area (Å²) in [5.41, 5.74) is 7.94. The van der Waals surface area contributed by atoms with E-state index in [9.17, 15) is 9.59 Å². The van der Waals surface area contributed by atoms with Crippen LogP contribution in [0.4, 0.5) is 5.69 Å². The molecule has 0 saturated heterocycles. The highest BCUT2D eigenvalue weighted by Gasteiger charge is 2.05. The fourth-order valence-electron chi connectivity index (χ4n) is 1.85. The third kappa shape index (κ3) is 3.79. The number of primary amides is 1. The van der Waals surface area contributed by atoms with E-state index in [1.807, 2.05) is 19.1 Å². The van der Waals surface area contributed by atoms with Gasteiger partial charge in [-0.15, -0.1) is 0 Å². The lowest BCUT2D eigenvalue weighted by Crippen LogP contribution is -2.13. The Morgan fingerprint density at radius 1 is 1.05 bits per heavy atom. The number of ketones is 1. The number of carbonyl (C=O) groups excluding carboxylic acids is 2. The lowest BCUT2D eigenvalue weighted by Gasteiger charge is -2.05. The van der Waals surface area contributed by atoms with Crippen LogP contribution in [0.5, 0.6) is 0 Å². The van der Waals surface area contributed by atoms with Gasteiger partial charge in [0.2, 0.25) is 0 Å². The average Bonchev–Trinajstić information content (AvgIpc) is 2.48. The maximum Gasteiger partial charge on any atom is 0.250 e. The van der Waals surface area contributed by atoms with Gasteiger partial charge in [0, 0.05) is 17.8 Å². The zero-order valence-electron chi connectivity index (χ0n) is 11.7. The quantitative estimate of drug-likeness (QED) is 0.653.